The summed E-state index contributed by atoms with van der Waals surface area (Å²) >= 11 is 0. The molecule has 7 atom stereocenters. The van der Waals surface area contributed by atoms with Gasteiger partial charge in [0.25, 0.3) is 5.91 Å². The van der Waals surface area contributed by atoms with E-state index in [0.29, 0.717) is 54.6 Å². The Bertz CT molecular complexity index is 1950. The van der Waals surface area contributed by atoms with Crippen LogP contribution in [-0.2, 0) is 24.4 Å². The van der Waals surface area contributed by atoms with Gasteiger partial charge in [0.05, 0.1) is 29.4 Å². The van der Waals surface area contributed by atoms with Crippen molar-refractivity contribution in [1.82, 2.24) is 30.2 Å². The molecule has 16 heteroatoms. The first-order valence-corrected chi connectivity index (χ1v) is 20.4. The van der Waals surface area contributed by atoms with Crippen molar-refractivity contribution in [3.05, 3.63) is 36.0 Å². The second-order valence-electron chi connectivity index (χ2n) is 16.0. The highest BCUT2D eigenvalue weighted by atomic mass is 32.2. The van der Waals surface area contributed by atoms with E-state index in [0.717, 1.165) is 6.42 Å². The average Bonchev–Trinajstić information content (AvgIpc) is 4.00. The third kappa shape index (κ3) is 7.85. The van der Waals surface area contributed by atoms with E-state index in [1.54, 1.807) is 32.2 Å². The van der Waals surface area contributed by atoms with Gasteiger partial charge >= 0.3 is 6.09 Å². The molecule has 4 aliphatic rings. The number of carbonyl (C=O) groups excluding carboxylic acids is 3. The second-order valence-corrected chi connectivity index (χ2v) is 18.2. The monoisotopic (exact) mass is 768 g/mol. The summed E-state index contributed by atoms with van der Waals surface area (Å²) in [6, 6.07) is 2.99. The fourth-order valence-electron chi connectivity index (χ4n) is 7.73. The van der Waals surface area contributed by atoms with Gasteiger partial charge < -0.3 is 30.1 Å². The highest BCUT2D eigenvalue weighted by molar-refractivity contribution is 7.91. The fourth-order valence-corrected chi connectivity index (χ4v) is 9.04. The number of methoxy groups -OCH3 is 1. The van der Waals surface area contributed by atoms with E-state index < -0.39 is 68.2 Å². The first-order chi connectivity index (χ1) is 25.5. The van der Waals surface area contributed by atoms with Crippen molar-refractivity contribution in [3.8, 4) is 11.6 Å². The van der Waals surface area contributed by atoms with E-state index in [-0.39, 0.29) is 43.0 Å². The maximum Gasteiger partial charge on any atom is 0.405 e. The quantitative estimate of drug-likeness (QED) is 0.268. The van der Waals surface area contributed by atoms with E-state index >= 15 is 0 Å². The molecule has 1 aromatic heterocycles. The van der Waals surface area contributed by atoms with Crippen LogP contribution in [0.2, 0.25) is 0 Å². The Morgan fingerprint density at radius 2 is 1.89 bits per heavy atom. The number of amides is 4. The molecule has 54 heavy (non-hydrogen) atoms. The molecule has 0 spiro atoms. The molecule has 4 amide bonds. The number of rotatable bonds is 9. The number of nitrogens with zero attached hydrogens (tertiary/aromatic N) is 3. The summed E-state index contributed by atoms with van der Waals surface area (Å²) in [5, 5.41) is 15.2. The number of fused-ring (bicyclic) bond motifs is 3. The zero-order valence-corrected chi connectivity index (χ0v) is 32.6. The number of aromatic nitrogens is 2. The van der Waals surface area contributed by atoms with Crippen LogP contribution in [0.15, 0.2) is 30.4 Å². The van der Waals surface area contributed by atoms with Crippen LogP contribution in [0.25, 0.3) is 11.0 Å². The summed E-state index contributed by atoms with van der Waals surface area (Å²) in [6.45, 7) is 9.35. The SMILES string of the molecule is CC[C@@H]1C[C@H](C)CCC=C[C@@H]2C[C@@]2(C(=O)NS(=O)(=O)C2(C)CC2)NC(=O)[C@@H]2C[C@@H](Oc3nc4cc(OC)ccc4nc3C(C)C)CN2C(=O)[C@H]1NC(=O)O. The Morgan fingerprint density at radius 3 is 2.54 bits per heavy atom. The van der Waals surface area contributed by atoms with Crippen molar-refractivity contribution in [2.75, 3.05) is 13.7 Å². The van der Waals surface area contributed by atoms with Gasteiger partial charge in [0.2, 0.25) is 27.7 Å². The number of nitrogens with one attached hydrogen (secondary N) is 3. The molecule has 1 saturated heterocycles. The maximum atomic E-state index is 14.6. The van der Waals surface area contributed by atoms with Crippen molar-refractivity contribution >= 4 is 44.9 Å². The molecule has 0 radical (unpaired) electrons. The van der Waals surface area contributed by atoms with Gasteiger partial charge in [0, 0.05) is 24.3 Å². The summed E-state index contributed by atoms with van der Waals surface area (Å²) < 4.78 is 39.4. The minimum atomic E-state index is -4.01. The lowest BCUT2D eigenvalue weighted by molar-refractivity contribution is -0.142. The zero-order valence-electron chi connectivity index (χ0n) is 31.8. The molecule has 2 aliphatic heterocycles. The number of hydrogen-bond donors (Lipinski definition) is 4. The van der Waals surface area contributed by atoms with E-state index in [1.165, 1.54) is 4.90 Å². The zero-order chi connectivity index (χ0) is 39.2. The van der Waals surface area contributed by atoms with Crippen molar-refractivity contribution in [2.45, 2.75) is 120 Å². The van der Waals surface area contributed by atoms with E-state index in [1.807, 2.05) is 32.9 Å². The highest BCUT2D eigenvalue weighted by Gasteiger charge is 2.63. The molecular formula is C38H52N6O9S. The van der Waals surface area contributed by atoms with Crippen LogP contribution in [0.3, 0.4) is 0 Å². The lowest BCUT2D eigenvalue weighted by atomic mass is 9.85. The molecule has 3 heterocycles. The third-order valence-electron chi connectivity index (χ3n) is 11.6. The van der Waals surface area contributed by atoms with Gasteiger partial charge in [0.15, 0.2) is 0 Å². The first-order valence-electron chi connectivity index (χ1n) is 18.9. The van der Waals surface area contributed by atoms with E-state index in [9.17, 15) is 32.7 Å². The summed E-state index contributed by atoms with van der Waals surface area (Å²) in [5.41, 5.74) is 0.185. The minimum Gasteiger partial charge on any atom is -0.497 e. The number of hydrogen-bond acceptors (Lipinski definition) is 10. The Hall–Kier alpha value is -4.47. The third-order valence-corrected chi connectivity index (χ3v) is 13.7. The molecule has 15 nitrogen and oxygen atoms in total. The normalized spacial score (nSPS) is 29.6. The second kappa shape index (κ2) is 15.0. The van der Waals surface area contributed by atoms with Gasteiger partial charge in [-0.1, -0.05) is 46.3 Å². The van der Waals surface area contributed by atoms with Crippen LogP contribution in [0.1, 0.15) is 97.6 Å². The number of carbonyl (C=O) groups is 4. The molecule has 6 rings (SSSR count). The fraction of sp³-hybridized carbons (Fsp3) is 0.632. The topological polar surface area (TPSA) is 206 Å². The number of sulfonamides is 1. The van der Waals surface area contributed by atoms with E-state index in [4.69, 9.17) is 19.4 Å². The number of allylic oxidation sites excluding steroid dienone is 1. The number of carboxylic acid groups (broad SMARTS) is 1. The van der Waals surface area contributed by atoms with E-state index in [2.05, 4.69) is 22.3 Å². The Morgan fingerprint density at radius 1 is 1.15 bits per heavy atom. The average molecular weight is 769 g/mol. The van der Waals surface area contributed by atoms with Crippen molar-refractivity contribution in [3.63, 3.8) is 0 Å². The predicted molar refractivity (Wildman–Crippen MR) is 199 cm³/mol. The largest absolute Gasteiger partial charge is 0.497 e. The van der Waals surface area contributed by atoms with Crippen LogP contribution < -0.4 is 24.8 Å². The van der Waals surface area contributed by atoms with Gasteiger partial charge in [-0.3, -0.25) is 19.1 Å². The lowest BCUT2D eigenvalue weighted by Crippen LogP contribution is -2.59. The van der Waals surface area contributed by atoms with Crippen LogP contribution >= 0.6 is 0 Å². The van der Waals surface area contributed by atoms with Gasteiger partial charge in [-0.15, -0.1) is 0 Å². The molecule has 2 saturated carbocycles. The van der Waals surface area contributed by atoms with Gasteiger partial charge in [-0.25, -0.2) is 23.2 Å². The highest BCUT2D eigenvalue weighted by Crippen LogP contribution is 2.47. The summed E-state index contributed by atoms with van der Waals surface area (Å²) in [7, 11) is -2.46. The molecule has 0 unspecified atom stereocenters. The van der Waals surface area contributed by atoms with Crippen LogP contribution in [0, 0.1) is 17.8 Å². The predicted octanol–water partition coefficient (Wildman–Crippen LogP) is 4.02. The number of ether oxygens (including phenoxy) is 2. The van der Waals surface area contributed by atoms with Crippen molar-refractivity contribution < 1.29 is 42.2 Å². The maximum absolute atomic E-state index is 14.6. The molecule has 3 fully saturated rings. The first kappa shape index (κ1) is 39.2. The Labute approximate surface area is 316 Å². The Kier molecular flexibility index (Phi) is 10.9. The number of benzene rings is 1. The lowest BCUT2D eigenvalue weighted by Gasteiger charge is -2.33. The Balaban J connectivity index is 1.37. The molecule has 0 bridgehead atoms. The van der Waals surface area contributed by atoms with Crippen LogP contribution in [0.4, 0.5) is 4.79 Å². The van der Waals surface area contributed by atoms with Crippen molar-refractivity contribution in [1.29, 1.82) is 0 Å². The summed E-state index contributed by atoms with van der Waals surface area (Å²) in [4.78, 5) is 66.0. The molecule has 2 aliphatic carbocycles. The van der Waals surface area contributed by atoms with Crippen LogP contribution in [0.5, 0.6) is 11.6 Å². The van der Waals surface area contributed by atoms with Gasteiger partial charge in [0.1, 0.15) is 35.2 Å². The molecule has 1 aromatic carbocycles. The standard InChI is InChI=1S/C38H52N6O9S/c1-7-23-16-22(4)10-8-9-11-24-19-38(24,35(47)43-54(50,51)37(5)14-15-37)42-32(45)29-18-26(20-44(29)34(46)31(23)41-36(48)49)53-33-30(21(2)3)39-27-13-12-25(52-6)17-28(27)40-33/h9,11-13,17,21-24,26,29,31,41H,7-8,10,14-16,18-20H2,1-6H3,(H,42,45)(H,43,47)(H,48,49)/t22-,23-,24-,26-,29+,31+,38-/m1/s1. The van der Waals surface area contributed by atoms with Gasteiger partial charge in [-0.2, -0.15) is 0 Å². The van der Waals surface area contributed by atoms with Crippen molar-refractivity contribution in [2.24, 2.45) is 17.8 Å². The smallest absolute Gasteiger partial charge is 0.405 e. The molecule has 294 valence electrons. The molecule has 4 N–H and O–H groups in total. The molecule has 2 aromatic rings. The van der Waals surface area contributed by atoms with Crippen LogP contribution in [-0.4, -0.2) is 94.3 Å². The van der Waals surface area contributed by atoms with Gasteiger partial charge in [-0.05, 0) is 69.4 Å². The summed E-state index contributed by atoms with van der Waals surface area (Å²) in [6.07, 6.45) is 5.15. The summed E-state index contributed by atoms with van der Waals surface area (Å²) in [5.74, 6) is -2.06. The molecular weight excluding hydrogens is 717 g/mol. The minimum absolute atomic E-state index is 0.00546.